The molecule has 0 atom stereocenters. The van der Waals surface area contributed by atoms with Crippen molar-refractivity contribution in [3.05, 3.63) is 40.8 Å². The zero-order valence-electron chi connectivity index (χ0n) is 13.6. The predicted molar refractivity (Wildman–Crippen MR) is 80.2 cm³/mol. The lowest BCUT2D eigenvalue weighted by Gasteiger charge is -2.08. The molecule has 0 saturated carbocycles. The van der Waals surface area contributed by atoms with Crippen molar-refractivity contribution < 1.29 is 36.6 Å². The summed E-state index contributed by atoms with van der Waals surface area (Å²) in [6.07, 6.45) is -4.95. The SMILES string of the molecule is COc1ccc(C(=O)COC(=O)c2c(C(F)(F)F)nn(C)c2N)c(F)c1. The highest BCUT2D eigenvalue weighted by Gasteiger charge is 2.41. The van der Waals surface area contributed by atoms with Gasteiger partial charge in [-0.05, 0) is 12.1 Å². The average molecular weight is 375 g/mol. The van der Waals surface area contributed by atoms with E-state index in [4.69, 9.17) is 10.5 Å². The first kappa shape index (κ1) is 19.2. The minimum Gasteiger partial charge on any atom is -0.497 e. The third-order valence-electron chi connectivity index (χ3n) is 3.38. The number of esters is 1. The number of nitrogens with zero attached hydrogens (tertiary/aromatic N) is 2. The summed E-state index contributed by atoms with van der Waals surface area (Å²) in [6.45, 7) is -0.978. The Labute approximate surface area is 144 Å². The van der Waals surface area contributed by atoms with Gasteiger partial charge in [-0.15, -0.1) is 0 Å². The normalized spacial score (nSPS) is 11.3. The van der Waals surface area contributed by atoms with Gasteiger partial charge < -0.3 is 15.2 Å². The Morgan fingerprint density at radius 3 is 2.50 bits per heavy atom. The fourth-order valence-electron chi connectivity index (χ4n) is 2.07. The lowest BCUT2D eigenvalue weighted by Crippen LogP contribution is -2.19. The zero-order chi connectivity index (χ0) is 19.6. The largest absolute Gasteiger partial charge is 0.497 e. The lowest BCUT2D eigenvalue weighted by molar-refractivity contribution is -0.142. The molecule has 0 bridgehead atoms. The number of rotatable bonds is 5. The molecule has 11 heteroatoms. The summed E-state index contributed by atoms with van der Waals surface area (Å²) in [4.78, 5) is 23.9. The molecule has 1 heterocycles. The molecule has 0 amide bonds. The maximum atomic E-state index is 13.8. The van der Waals surface area contributed by atoms with Crippen LogP contribution in [-0.4, -0.2) is 35.2 Å². The third-order valence-corrected chi connectivity index (χ3v) is 3.38. The van der Waals surface area contributed by atoms with Crippen LogP contribution in [-0.2, 0) is 18.0 Å². The summed E-state index contributed by atoms with van der Waals surface area (Å²) in [5.74, 6) is -3.79. The summed E-state index contributed by atoms with van der Waals surface area (Å²) in [7, 11) is 2.41. The zero-order valence-corrected chi connectivity index (χ0v) is 13.6. The standard InChI is InChI=1S/C15H13F4N3O4/c1-22-13(20)11(12(21-22)15(17,18)19)14(24)26-6-10(23)8-4-3-7(25-2)5-9(8)16/h3-5H,6,20H2,1-2H3. The first-order valence-corrected chi connectivity index (χ1v) is 6.99. The molecule has 0 spiro atoms. The number of carbonyl (C=O) groups is 2. The van der Waals surface area contributed by atoms with Gasteiger partial charge in [-0.3, -0.25) is 9.48 Å². The van der Waals surface area contributed by atoms with Crippen LogP contribution in [0, 0.1) is 5.82 Å². The molecule has 0 fully saturated rings. The second kappa shape index (κ2) is 7.02. The van der Waals surface area contributed by atoms with E-state index >= 15 is 0 Å². The van der Waals surface area contributed by atoms with Crippen molar-refractivity contribution >= 4 is 17.6 Å². The third kappa shape index (κ3) is 3.76. The van der Waals surface area contributed by atoms with Crippen LogP contribution >= 0.6 is 0 Å². The van der Waals surface area contributed by atoms with Crippen LogP contribution in [0.3, 0.4) is 0 Å². The van der Waals surface area contributed by atoms with Gasteiger partial charge in [0.25, 0.3) is 0 Å². The van der Waals surface area contributed by atoms with E-state index in [1.54, 1.807) is 0 Å². The number of nitrogen functional groups attached to an aromatic ring is 1. The molecule has 1 aromatic heterocycles. The van der Waals surface area contributed by atoms with Gasteiger partial charge in [-0.25, -0.2) is 9.18 Å². The maximum Gasteiger partial charge on any atom is 0.436 e. The molecular weight excluding hydrogens is 362 g/mol. The van der Waals surface area contributed by atoms with Crippen molar-refractivity contribution in [2.45, 2.75) is 6.18 Å². The molecular formula is C15H13F4N3O4. The Morgan fingerprint density at radius 2 is 1.96 bits per heavy atom. The molecule has 2 N–H and O–H groups in total. The molecule has 0 unspecified atom stereocenters. The van der Waals surface area contributed by atoms with E-state index in [1.807, 2.05) is 0 Å². The summed E-state index contributed by atoms with van der Waals surface area (Å²) in [5, 5.41) is 3.13. The number of carbonyl (C=O) groups excluding carboxylic acids is 2. The van der Waals surface area contributed by atoms with Gasteiger partial charge in [-0.1, -0.05) is 0 Å². The molecule has 1 aromatic carbocycles. The number of anilines is 1. The molecule has 2 rings (SSSR count). The quantitative estimate of drug-likeness (QED) is 0.489. The van der Waals surface area contributed by atoms with Crippen LogP contribution in [0.1, 0.15) is 26.4 Å². The lowest BCUT2D eigenvalue weighted by atomic mass is 10.1. The second-order valence-corrected chi connectivity index (χ2v) is 5.08. The van der Waals surface area contributed by atoms with E-state index < -0.39 is 53.0 Å². The highest BCUT2D eigenvalue weighted by atomic mass is 19.4. The van der Waals surface area contributed by atoms with Crippen LogP contribution in [0.2, 0.25) is 0 Å². The van der Waals surface area contributed by atoms with Gasteiger partial charge >= 0.3 is 12.1 Å². The number of aryl methyl sites for hydroxylation is 1. The minimum atomic E-state index is -4.95. The van der Waals surface area contributed by atoms with Gasteiger partial charge in [0.1, 0.15) is 22.9 Å². The Morgan fingerprint density at radius 1 is 1.31 bits per heavy atom. The predicted octanol–water partition coefficient (Wildman–Crippen LogP) is 2.21. The number of Topliss-reactive ketones (excluding diaryl/α,β-unsaturated/α-hetero) is 1. The molecule has 0 aliphatic heterocycles. The summed E-state index contributed by atoms with van der Waals surface area (Å²) < 4.78 is 62.6. The van der Waals surface area contributed by atoms with Crippen molar-refractivity contribution in [1.29, 1.82) is 0 Å². The number of nitrogens with two attached hydrogens (primary N) is 1. The number of aromatic nitrogens is 2. The van der Waals surface area contributed by atoms with E-state index in [0.717, 1.165) is 19.2 Å². The number of ketones is 1. The molecule has 0 aliphatic carbocycles. The molecule has 2 aromatic rings. The molecule has 7 nitrogen and oxygen atoms in total. The molecule has 0 aliphatic rings. The van der Waals surface area contributed by atoms with Crippen LogP contribution in [0.25, 0.3) is 0 Å². The molecule has 26 heavy (non-hydrogen) atoms. The Bertz CT molecular complexity index is 861. The van der Waals surface area contributed by atoms with Crippen molar-refractivity contribution in [3.63, 3.8) is 0 Å². The van der Waals surface area contributed by atoms with Crippen molar-refractivity contribution in [3.8, 4) is 5.75 Å². The van der Waals surface area contributed by atoms with Crippen LogP contribution < -0.4 is 10.5 Å². The monoisotopic (exact) mass is 375 g/mol. The van der Waals surface area contributed by atoms with Crippen molar-refractivity contribution in [1.82, 2.24) is 9.78 Å². The smallest absolute Gasteiger partial charge is 0.436 e. The van der Waals surface area contributed by atoms with Crippen molar-refractivity contribution in [2.75, 3.05) is 19.5 Å². The minimum absolute atomic E-state index is 0.161. The fraction of sp³-hybridized carbons (Fsp3) is 0.267. The number of ether oxygens (including phenoxy) is 2. The van der Waals surface area contributed by atoms with Crippen LogP contribution in [0.4, 0.5) is 23.4 Å². The summed E-state index contributed by atoms with van der Waals surface area (Å²) >= 11 is 0. The van der Waals surface area contributed by atoms with E-state index in [0.29, 0.717) is 4.68 Å². The molecule has 0 saturated heterocycles. The number of hydrogen-bond acceptors (Lipinski definition) is 6. The molecule has 0 radical (unpaired) electrons. The van der Waals surface area contributed by atoms with Gasteiger partial charge in [0.15, 0.2) is 12.3 Å². The maximum absolute atomic E-state index is 13.8. The highest BCUT2D eigenvalue weighted by Crippen LogP contribution is 2.33. The Hall–Kier alpha value is -3.11. The van der Waals surface area contributed by atoms with Gasteiger partial charge in [-0.2, -0.15) is 18.3 Å². The molecule has 140 valence electrons. The van der Waals surface area contributed by atoms with Crippen LogP contribution in [0.15, 0.2) is 18.2 Å². The number of methoxy groups -OCH3 is 1. The Balaban J connectivity index is 2.18. The fourth-order valence-corrected chi connectivity index (χ4v) is 2.07. The average Bonchev–Trinajstić information content (AvgIpc) is 2.87. The summed E-state index contributed by atoms with van der Waals surface area (Å²) in [6, 6.07) is 3.35. The number of benzene rings is 1. The van der Waals surface area contributed by atoms with Gasteiger partial charge in [0.05, 0.1) is 12.7 Å². The first-order chi connectivity index (χ1) is 12.1. The van der Waals surface area contributed by atoms with Crippen molar-refractivity contribution in [2.24, 2.45) is 7.05 Å². The van der Waals surface area contributed by atoms with E-state index in [1.165, 1.54) is 13.2 Å². The topological polar surface area (TPSA) is 96.4 Å². The highest BCUT2D eigenvalue weighted by molar-refractivity contribution is 6.01. The Kier molecular flexibility index (Phi) is 5.19. The van der Waals surface area contributed by atoms with E-state index in [9.17, 15) is 27.2 Å². The van der Waals surface area contributed by atoms with Crippen LogP contribution in [0.5, 0.6) is 5.75 Å². The number of halogens is 4. The number of alkyl halides is 3. The summed E-state index contributed by atoms with van der Waals surface area (Å²) in [5.41, 5.74) is 2.46. The second-order valence-electron chi connectivity index (χ2n) is 5.08. The number of hydrogen-bond donors (Lipinski definition) is 1. The van der Waals surface area contributed by atoms with E-state index in [-0.39, 0.29) is 5.75 Å². The first-order valence-electron chi connectivity index (χ1n) is 6.99. The van der Waals surface area contributed by atoms with Gasteiger partial charge in [0, 0.05) is 13.1 Å². The van der Waals surface area contributed by atoms with Gasteiger partial charge in [0.2, 0.25) is 5.78 Å². The van der Waals surface area contributed by atoms with E-state index in [2.05, 4.69) is 9.84 Å².